The Morgan fingerprint density at radius 3 is 2.43 bits per heavy atom. The van der Waals surface area contributed by atoms with Crippen molar-refractivity contribution < 1.29 is 4.74 Å². The summed E-state index contributed by atoms with van der Waals surface area (Å²) in [6, 6.07) is 8.17. The van der Waals surface area contributed by atoms with Gasteiger partial charge in [0.1, 0.15) is 5.75 Å². The highest BCUT2D eigenvalue weighted by molar-refractivity contribution is 5.40. The summed E-state index contributed by atoms with van der Waals surface area (Å²) in [5.74, 6) is 0.809. The summed E-state index contributed by atoms with van der Waals surface area (Å²) in [6.07, 6.45) is 0. The van der Waals surface area contributed by atoms with Crippen LogP contribution in [0.1, 0.15) is 25.0 Å². The van der Waals surface area contributed by atoms with Gasteiger partial charge in [0.05, 0.1) is 18.6 Å². The predicted molar refractivity (Wildman–Crippen MR) is 56.4 cm³/mol. The quantitative estimate of drug-likeness (QED) is 0.716. The van der Waals surface area contributed by atoms with Crippen LogP contribution in [0.5, 0.6) is 5.75 Å². The highest BCUT2D eigenvalue weighted by atomic mass is 16.5. The van der Waals surface area contributed by atoms with Gasteiger partial charge < -0.3 is 4.74 Å². The molecular weight excluding hydrogens is 174 g/mol. The second-order valence-electron chi connectivity index (χ2n) is 3.98. The molecule has 0 bridgehead atoms. The Morgan fingerprint density at radius 1 is 1.29 bits per heavy atom. The highest BCUT2D eigenvalue weighted by Gasteiger charge is 2.20. The first kappa shape index (κ1) is 10.6. The largest absolute Gasteiger partial charge is 0.497 e. The molecule has 0 saturated heterocycles. The number of hydrogen-bond acceptors (Lipinski definition) is 2. The maximum atomic E-state index is 9.01. The molecule has 1 rings (SSSR count). The van der Waals surface area contributed by atoms with Crippen molar-refractivity contribution in [3.05, 3.63) is 29.3 Å². The van der Waals surface area contributed by atoms with Gasteiger partial charge in [0.25, 0.3) is 0 Å². The Hall–Kier alpha value is -1.49. The standard InChI is InChI=1S/C12H15NO/c1-9-5-10(12(2,3)8-13)7-11(6-9)14-4/h5-7H,1-4H3. The molecule has 0 spiro atoms. The molecule has 1 aromatic rings. The van der Waals surface area contributed by atoms with Crippen molar-refractivity contribution in [2.75, 3.05) is 7.11 Å². The van der Waals surface area contributed by atoms with E-state index in [4.69, 9.17) is 10.00 Å². The molecule has 0 aromatic heterocycles. The first-order valence-electron chi connectivity index (χ1n) is 4.57. The number of nitrogens with zero attached hydrogens (tertiary/aromatic N) is 1. The molecule has 74 valence electrons. The van der Waals surface area contributed by atoms with Crippen LogP contribution in [0.3, 0.4) is 0 Å². The van der Waals surface area contributed by atoms with Crippen molar-refractivity contribution in [3.63, 3.8) is 0 Å². The first-order valence-corrected chi connectivity index (χ1v) is 4.57. The van der Waals surface area contributed by atoms with Crippen LogP contribution in [-0.4, -0.2) is 7.11 Å². The number of rotatable bonds is 2. The van der Waals surface area contributed by atoms with Crippen LogP contribution in [0.2, 0.25) is 0 Å². The molecule has 0 saturated carbocycles. The zero-order chi connectivity index (χ0) is 10.8. The summed E-state index contributed by atoms with van der Waals surface area (Å²) < 4.78 is 5.17. The van der Waals surface area contributed by atoms with Crippen LogP contribution in [0.15, 0.2) is 18.2 Å². The molecule has 2 nitrogen and oxygen atoms in total. The minimum atomic E-state index is -0.459. The van der Waals surface area contributed by atoms with Crippen LogP contribution in [-0.2, 0) is 5.41 Å². The van der Waals surface area contributed by atoms with E-state index in [9.17, 15) is 0 Å². The predicted octanol–water partition coefficient (Wildman–Crippen LogP) is 2.80. The van der Waals surface area contributed by atoms with Gasteiger partial charge >= 0.3 is 0 Å². The number of nitriles is 1. The molecule has 0 heterocycles. The molecule has 0 unspecified atom stereocenters. The van der Waals surface area contributed by atoms with Crippen molar-refractivity contribution >= 4 is 0 Å². The Labute approximate surface area is 85.1 Å². The zero-order valence-corrected chi connectivity index (χ0v) is 9.09. The second kappa shape index (κ2) is 3.71. The van der Waals surface area contributed by atoms with Gasteiger partial charge in [0.15, 0.2) is 0 Å². The Balaban J connectivity index is 3.24. The van der Waals surface area contributed by atoms with Gasteiger partial charge in [-0.1, -0.05) is 6.07 Å². The van der Waals surface area contributed by atoms with Gasteiger partial charge in [-0.3, -0.25) is 0 Å². The van der Waals surface area contributed by atoms with E-state index in [0.29, 0.717) is 0 Å². The van der Waals surface area contributed by atoms with Gasteiger partial charge in [0, 0.05) is 0 Å². The number of hydrogen-bond donors (Lipinski definition) is 0. The summed E-state index contributed by atoms with van der Waals surface area (Å²) in [5, 5.41) is 9.01. The summed E-state index contributed by atoms with van der Waals surface area (Å²) in [4.78, 5) is 0. The number of aryl methyl sites for hydroxylation is 1. The smallest absolute Gasteiger partial charge is 0.119 e. The minimum Gasteiger partial charge on any atom is -0.497 e. The van der Waals surface area contributed by atoms with Crippen LogP contribution < -0.4 is 4.74 Å². The van der Waals surface area contributed by atoms with E-state index in [1.54, 1.807) is 7.11 Å². The van der Waals surface area contributed by atoms with Crippen molar-refractivity contribution in [2.24, 2.45) is 0 Å². The third kappa shape index (κ3) is 2.05. The van der Waals surface area contributed by atoms with Gasteiger partial charge in [-0.05, 0) is 44.0 Å². The average molecular weight is 189 g/mol. The number of ether oxygens (including phenoxy) is 1. The van der Waals surface area contributed by atoms with Crippen LogP contribution in [0, 0.1) is 18.3 Å². The lowest BCUT2D eigenvalue weighted by Gasteiger charge is -2.17. The molecule has 0 aliphatic heterocycles. The van der Waals surface area contributed by atoms with Gasteiger partial charge in [-0.2, -0.15) is 5.26 Å². The Bertz CT molecular complexity index is 374. The molecule has 2 heteroatoms. The molecule has 0 amide bonds. The van der Waals surface area contributed by atoms with E-state index in [1.807, 2.05) is 39.0 Å². The Morgan fingerprint density at radius 2 is 1.93 bits per heavy atom. The third-order valence-electron chi connectivity index (χ3n) is 2.29. The van der Waals surface area contributed by atoms with Crippen LogP contribution in [0.4, 0.5) is 0 Å². The fourth-order valence-electron chi connectivity index (χ4n) is 1.29. The lowest BCUT2D eigenvalue weighted by atomic mass is 9.85. The summed E-state index contributed by atoms with van der Waals surface area (Å²) in [5.41, 5.74) is 1.65. The Kier molecular flexibility index (Phi) is 2.81. The zero-order valence-electron chi connectivity index (χ0n) is 9.09. The lowest BCUT2D eigenvalue weighted by Crippen LogP contribution is -2.14. The highest BCUT2D eigenvalue weighted by Crippen LogP contribution is 2.27. The molecule has 14 heavy (non-hydrogen) atoms. The van der Waals surface area contributed by atoms with Gasteiger partial charge in [-0.15, -0.1) is 0 Å². The van der Waals surface area contributed by atoms with Crippen molar-refractivity contribution in [1.82, 2.24) is 0 Å². The summed E-state index contributed by atoms with van der Waals surface area (Å²) in [7, 11) is 1.64. The molecule has 0 fully saturated rings. The van der Waals surface area contributed by atoms with E-state index in [1.165, 1.54) is 0 Å². The molecule has 0 aliphatic carbocycles. The molecule has 0 atom stereocenters. The minimum absolute atomic E-state index is 0.459. The van der Waals surface area contributed by atoms with Gasteiger partial charge in [0.2, 0.25) is 0 Å². The van der Waals surface area contributed by atoms with Crippen LogP contribution in [0.25, 0.3) is 0 Å². The summed E-state index contributed by atoms with van der Waals surface area (Å²) >= 11 is 0. The first-order chi connectivity index (χ1) is 6.49. The average Bonchev–Trinajstić information content (AvgIpc) is 2.16. The van der Waals surface area contributed by atoms with E-state index < -0.39 is 5.41 Å². The van der Waals surface area contributed by atoms with Gasteiger partial charge in [-0.25, -0.2) is 0 Å². The fourth-order valence-corrected chi connectivity index (χ4v) is 1.29. The van der Waals surface area contributed by atoms with Crippen molar-refractivity contribution in [2.45, 2.75) is 26.2 Å². The number of benzene rings is 1. The monoisotopic (exact) mass is 189 g/mol. The molecule has 0 radical (unpaired) electrons. The third-order valence-corrected chi connectivity index (χ3v) is 2.29. The molecule has 0 aliphatic rings. The van der Waals surface area contributed by atoms with E-state index in [2.05, 4.69) is 6.07 Å². The molecular formula is C12H15NO. The van der Waals surface area contributed by atoms with E-state index >= 15 is 0 Å². The van der Waals surface area contributed by atoms with E-state index in [0.717, 1.165) is 16.9 Å². The van der Waals surface area contributed by atoms with E-state index in [-0.39, 0.29) is 0 Å². The summed E-state index contributed by atoms with van der Waals surface area (Å²) in [6.45, 7) is 5.81. The molecule has 0 N–H and O–H groups in total. The van der Waals surface area contributed by atoms with Crippen molar-refractivity contribution in [1.29, 1.82) is 5.26 Å². The normalized spacial score (nSPS) is 10.8. The fraction of sp³-hybridized carbons (Fsp3) is 0.417. The van der Waals surface area contributed by atoms with Crippen molar-refractivity contribution in [3.8, 4) is 11.8 Å². The number of methoxy groups -OCH3 is 1. The lowest BCUT2D eigenvalue weighted by molar-refractivity contribution is 0.413. The maximum Gasteiger partial charge on any atom is 0.119 e. The van der Waals surface area contributed by atoms with Crippen LogP contribution >= 0.6 is 0 Å². The maximum absolute atomic E-state index is 9.01. The second-order valence-corrected chi connectivity index (χ2v) is 3.98. The molecule has 1 aromatic carbocycles. The topological polar surface area (TPSA) is 33.0 Å². The SMILES string of the molecule is COc1cc(C)cc(C(C)(C)C#N)c1.